The molecule has 4 nitrogen and oxygen atoms in total. The van der Waals surface area contributed by atoms with Crippen molar-refractivity contribution in [3.05, 3.63) is 28.8 Å². The number of aliphatic hydroxyl groups is 1. The van der Waals surface area contributed by atoms with Crippen molar-refractivity contribution < 1.29 is 19.4 Å². The summed E-state index contributed by atoms with van der Waals surface area (Å²) < 4.78 is 10.5. The lowest BCUT2D eigenvalue weighted by Gasteiger charge is -2.16. The fourth-order valence-corrected chi connectivity index (χ4v) is 1.66. The summed E-state index contributed by atoms with van der Waals surface area (Å²) in [5.74, 6) is 0.152. The third kappa shape index (κ3) is 5.49. The van der Waals surface area contributed by atoms with Crippen LogP contribution in [0.3, 0.4) is 0 Å². The average Bonchev–Trinajstić information content (AvgIpc) is 2.32. The van der Waals surface area contributed by atoms with Gasteiger partial charge in [-0.05, 0) is 44.5 Å². The monoisotopic (exact) mass is 286 g/mol. The Morgan fingerprint density at radius 3 is 2.68 bits per heavy atom. The van der Waals surface area contributed by atoms with Gasteiger partial charge in [-0.2, -0.15) is 0 Å². The molecule has 0 aromatic heterocycles. The number of aryl methyl sites for hydroxylation is 1. The smallest absolute Gasteiger partial charge is 0.347 e. The topological polar surface area (TPSA) is 55.8 Å². The lowest BCUT2D eigenvalue weighted by molar-refractivity contribution is -0.151. The van der Waals surface area contributed by atoms with Crippen molar-refractivity contribution >= 4 is 17.6 Å². The summed E-state index contributed by atoms with van der Waals surface area (Å²) in [4.78, 5) is 11.7. The Hall–Kier alpha value is -1.26. The molecule has 0 fully saturated rings. The predicted octanol–water partition coefficient (Wildman–Crippen LogP) is 2.73. The van der Waals surface area contributed by atoms with Gasteiger partial charge in [0.05, 0.1) is 12.7 Å². The first-order valence-corrected chi connectivity index (χ1v) is 6.55. The van der Waals surface area contributed by atoms with Crippen molar-refractivity contribution in [3.63, 3.8) is 0 Å². The summed E-state index contributed by atoms with van der Waals surface area (Å²) in [6.07, 6.45) is -0.769. The standard InChI is InChI=1S/C14H19ClO4/c1-9-8-12(15)4-5-13(9)19-11(3)14(17)18-7-6-10(2)16/h4-5,8,10-11,16H,6-7H2,1-3H3/t10-,11+/m0/s1. The third-order valence-electron chi connectivity index (χ3n) is 2.55. The normalized spacial score (nSPS) is 13.7. The summed E-state index contributed by atoms with van der Waals surface area (Å²) in [5.41, 5.74) is 0.858. The van der Waals surface area contributed by atoms with E-state index < -0.39 is 18.2 Å². The van der Waals surface area contributed by atoms with E-state index in [-0.39, 0.29) is 6.61 Å². The maximum atomic E-state index is 11.7. The number of halogens is 1. The molecule has 1 aromatic rings. The molecule has 0 aliphatic rings. The van der Waals surface area contributed by atoms with Gasteiger partial charge in [0.15, 0.2) is 6.10 Å². The maximum absolute atomic E-state index is 11.7. The molecule has 0 spiro atoms. The molecule has 0 aliphatic heterocycles. The summed E-state index contributed by atoms with van der Waals surface area (Å²) >= 11 is 5.84. The average molecular weight is 287 g/mol. The van der Waals surface area contributed by atoms with Gasteiger partial charge in [0, 0.05) is 11.4 Å². The van der Waals surface area contributed by atoms with Crippen molar-refractivity contribution in [2.75, 3.05) is 6.61 Å². The lowest BCUT2D eigenvalue weighted by Crippen LogP contribution is -2.27. The van der Waals surface area contributed by atoms with Crippen molar-refractivity contribution in [2.24, 2.45) is 0 Å². The molecule has 19 heavy (non-hydrogen) atoms. The van der Waals surface area contributed by atoms with Gasteiger partial charge < -0.3 is 14.6 Å². The number of carbonyl (C=O) groups excluding carboxylic acids is 1. The second kappa shape index (κ2) is 7.36. The Balaban J connectivity index is 2.49. The zero-order chi connectivity index (χ0) is 14.4. The van der Waals surface area contributed by atoms with E-state index in [1.165, 1.54) is 0 Å². The largest absolute Gasteiger partial charge is 0.479 e. The zero-order valence-corrected chi connectivity index (χ0v) is 12.1. The Morgan fingerprint density at radius 2 is 2.11 bits per heavy atom. The first-order valence-electron chi connectivity index (χ1n) is 6.17. The summed E-state index contributed by atoms with van der Waals surface area (Å²) in [6.45, 7) is 5.31. The predicted molar refractivity (Wildman–Crippen MR) is 73.5 cm³/mol. The molecule has 0 unspecified atom stereocenters. The second-order valence-electron chi connectivity index (χ2n) is 4.48. The Morgan fingerprint density at radius 1 is 1.42 bits per heavy atom. The van der Waals surface area contributed by atoms with E-state index in [0.29, 0.717) is 17.2 Å². The van der Waals surface area contributed by atoms with Crippen LogP contribution < -0.4 is 4.74 Å². The maximum Gasteiger partial charge on any atom is 0.347 e. The second-order valence-corrected chi connectivity index (χ2v) is 4.91. The van der Waals surface area contributed by atoms with E-state index in [4.69, 9.17) is 26.2 Å². The molecule has 0 bridgehead atoms. The quantitative estimate of drug-likeness (QED) is 0.817. The fraction of sp³-hybridized carbons (Fsp3) is 0.500. The number of esters is 1. The van der Waals surface area contributed by atoms with Crippen molar-refractivity contribution in [2.45, 2.75) is 39.4 Å². The minimum Gasteiger partial charge on any atom is -0.479 e. The van der Waals surface area contributed by atoms with Crippen LogP contribution in [0.15, 0.2) is 18.2 Å². The van der Waals surface area contributed by atoms with Crippen LogP contribution in [0.4, 0.5) is 0 Å². The highest BCUT2D eigenvalue weighted by Gasteiger charge is 2.17. The van der Waals surface area contributed by atoms with Gasteiger partial charge in [0.25, 0.3) is 0 Å². The highest BCUT2D eigenvalue weighted by atomic mass is 35.5. The minimum atomic E-state index is -0.700. The third-order valence-corrected chi connectivity index (χ3v) is 2.79. The summed E-state index contributed by atoms with van der Waals surface area (Å²) in [5, 5.41) is 9.69. The molecule has 5 heteroatoms. The van der Waals surface area contributed by atoms with Crippen LogP contribution in [0.5, 0.6) is 5.75 Å². The van der Waals surface area contributed by atoms with E-state index in [1.807, 2.05) is 6.92 Å². The molecule has 106 valence electrons. The van der Waals surface area contributed by atoms with Crippen molar-refractivity contribution in [1.29, 1.82) is 0 Å². The molecule has 2 atom stereocenters. The van der Waals surface area contributed by atoms with E-state index in [2.05, 4.69) is 0 Å². The number of aliphatic hydroxyl groups excluding tert-OH is 1. The molecule has 0 amide bonds. The number of hydrogen-bond donors (Lipinski definition) is 1. The Labute approximate surface area is 118 Å². The van der Waals surface area contributed by atoms with Gasteiger partial charge in [-0.25, -0.2) is 4.79 Å². The van der Waals surface area contributed by atoms with Gasteiger partial charge in [-0.1, -0.05) is 11.6 Å². The molecule has 1 rings (SSSR count). The Bertz CT molecular complexity index is 431. The van der Waals surface area contributed by atoms with Gasteiger partial charge in [0.2, 0.25) is 0 Å². The number of rotatable bonds is 6. The van der Waals surface area contributed by atoms with Gasteiger partial charge >= 0.3 is 5.97 Å². The SMILES string of the molecule is Cc1cc(Cl)ccc1O[C@H](C)C(=O)OCC[C@H](C)O. The lowest BCUT2D eigenvalue weighted by atomic mass is 10.2. The molecule has 0 radical (unpaired) electrons. The molecule has 1 N–H and O–H groups in total. The molecule has 0 aliphatic carbocycles. The van der Waals surface area contributed by atoms with Gasteiger partial charge in [0.1, 0.15) is 5.75 Å². The van der Waals surface area contributed by atoms with Crippen LogP contribution >= 0.6 is 11.6 Å². The highest BCUT2D eigenvalue weighted by Crippen LogP contribution is 2.22. The van der Waals surface area contributed by atoms with Crippen LogP contribution in [0.2, 0.25) is 5.02 Å². The van der Waals surface area contributed by atoms with Crippen molar-refractivity contribution in [1.82, 2.24) is 0 Å². The number of hydrogen-bond acceptors (Lipinski definition) is 4. The van der Waals surface area contributed by atoms with Crippen LogP contribution in [0.1, 0.15) is 25.8 Å². The van der Waals surface area contributed by atoms with E-state index in [0.717, 1.165) is 5.56 Å². The number of carbonyl (C=O) groups is 1. The fourth-order valence-electron chi connectivity index (χ4n) is 1.43. The van der Waals surface area contributed by atoms with E-state index >= 15 is 0 Å². The van der Waals surface area contributed by atoms with Crippen LogP contribution in [-0.4, -0.2) is 29.9 Å². The van der Waals surface area contributed by atoms with Crippen LogP contribution in [-0.2, 0) is 9.53 Å². The number of ether oxygens (including phenoxy) is 2. The number of benzene rings is 1. The molecule has 1 aromatic carbocycles. The molecule has 0 heterocycles. The zero-order valence-electron chi connectivity index (χ0n) is 11.4. The van der Waals surface area contributed by atoms with Gasteiger partial charge in [-0.3, -0.25) is 0 Å². The highest BCUT2D eigenvalue weighted by molar-refractivity contribution is 6.30. The Kier molecular flexibility index (Phi) is 6.12. The first-order chi connectivity index (χ1) is 8.90. The summed E-state index contributed by atoms with van der Waals surface area (Å²) in [7, 11) is 0. The molecular formula is C14H19ClO4. The summed E-state index contributed by atoms with van der Waals surface area (Å²) in [6, 6.07) is 5.19. The van der Waals surface area contributed by atoms with E-state index in [1.54, 1.807) is 32.0 Å². The molecule has 0 saturated carbocycles. The van der Waals surface area contributed by atoms with Gasteiger partial charge in [-0.15, -0.1) is 0 Å². The van der Waals surface area contributed by atoms with Crippen LogP contribution in [0.25, 0.3) is 0 Å². The molecule has 0 saturated heterocycles. The first kappa shape index (κ1) is 15.8. The molecular weight excluding hydrogens is 268 g/mol. The van der Waals surface area contributed by atoms with Crippen molar-refractivity contribution in [3.8, 4) is 5.75 Å². The minimum absolute atomic E-state index is 0.184. The van der Waals surface area contributed by atoms with Crippen LogP contribution in [0, 0.1) is 6.92 Å². The van der Waals surface area contributed by atoms with E-state index in [9.17, 15) is 4.79 Å².